The monoisotopic (exact) mass is 366 g/mol. The molecule has 138 valence electrons. The molecule has 0 atom stereocenters. The van der Waals surface area contributed by atoms with E-state index < -0.39 is 5.97 Å². The number of carbonyl (C=O) groups is 1. The summed E-state index contributed by atoms with van der Waals surface area (Å²) in [6.07, 6.45) is 0.534. The zero-order valence-electron chi connectivity index (χ0n) is 15.0. The van der Waals surface area contributed by atoms with E-state index in [1.54, 1.807) is 30.3 Å². The first kappa shape index (κ1) is 17.1. The van der Waals surface area contributed by atoms with Gasteiger partial charge >= 0.3 is 5.97 Å². The van der Waals surface area contributed by atoms with Gasteiger partial charge in [-0.05, 0) is 29.8 Å². The lowest BCUT2D eigenvalue weighted by Crippen LogP contribution is -2.15. The molecular weight excluding hydrogens is 348 g/mol. The van der Waals surface area contributed by atoms with Crippen LogP contribution in [-0.4, -0.2) is 19.2 Å². The van der Waals surface area contributed by atoms with Gasteiger partial charge in [0.1, 0.15) is 30.3 Å². The zero-order chi connectivity index (χ0) is 19.0. The van der Waals surface area contributed by atoms with Crippen molar-refractivity contribution in [1.29, 1.82) is 0 Å². The molecule has 1 aromatic heterocycles. The highest BCUT2D eigenvalue weighted by molar-refractivity contribution is 5.85. The van der Waals surface area contributed by atoms with Crippen LogP contribution in [0.4, 0.5) is 0 Å². The fourth-order valence-corrected chi connectivity index (χ4v) is 3.19. The molecule has 0 amide bonds. The Labute approximate surface area is 155 Å². The zero-order valence-corrected chi connectivity index (χ0v) is 15.0. The fourth-order valence-electron chi connectivity index (χ4n) is 3.19. The van der Waals surface area contributed by atoms with Crippen LogP contribution in [0, 0.1) is 0 Å². The van der Waals surface area contributed by atoms with Gasteiger partial charge in [-0.15, -0.1) is 0 Å². The van der Waals surface area contributed by atoms with Crippen LogP contribution in [0.3, 0.4) is 0 Å². The van der Waals surface area contributed by atoms with E-state index in [9.17, 15) is 9.59 Å². The van der Waals surface area contributed by atoms with Crippen molar-refractivity contribution in [3.05, 3.63) is 52.4 Å². The number of aryl methyl sites for hydroxylation is 1. The van der Waals surface area contributed by atoms with E-state index in [4.69, 9.17) is 18.6 Å². The van der Waals surface area contributed by atoms with Crippen LogP contribution < -0.4 is 19.6 Å². The predicted octanol–water partition coefficient (Wildman–Crippen LogP) is 3.72. The molecule has 0 bridgehead atoms. The lowest BCUT2D eigenvalue weighted by molar-refractivity contribution is -0.131. The third-order valence-electron chi connectivity index (χ3n) is 4.35. The molecule has 0 fully saturated rings. The number of hydrogen-bond acceptors (Lipinski definition) is 6. The van der Waals surface area contributed by atoms with Gasteiger partial charge in [-0.1, -0.05) is 13.0 Å². The second kappa shape index (κ2) is 6.79. The van der Waals surface area contributed by atoms with Gasteiger partial charge in [0.15, 0.2) is 11.5 Å². The maximum Gasteiger partial charge on any atom is 0.308 e. The third kappa shape index (κ3) is 3.14. The summed E-state index contributed by atoms with van der Waals surface area (Å²) in [5, 5.41) is 0.424. The molecule has 27 heavy (non-hydrogen) atoms. The number of ether oxygens (including phenoxy) is 3. The molecule has 6 nitrogen and oxygen atoms in total. The minimum Gasteiger partial charge on any atom is -0.486 e. The summed E-state index contributed by atoms with van der Waals surface area (Å²) >= 11 is 0. The third-order valence-corrected chi connectivity index (χ3v) is 4.35. The Balaban J connectivity index is 1.89. The van der Waals surface area contributed by atoms with Crippen molar-refractivity contribution < 1.29 is 23.4 Å². The second-order valence-electron chi connectivity index (χ2n) is 6.19. The fraction of sp³-hybridized carbons (Fsp3) is 0.238. The van der Waals surface area contributed by atoms with Gasteiger partial charge < -0.3 is 18.6 Å². The van der Waals surface area contributed by atoms with E-state index in [1.807, 2.05) is 13.0 Å². The molecule has 0 saturated heterocycles. The van der Waals surface area contributed by atoms with Crippen LogP contribution in [0.25, 0.3) is 22.1 Å². The Hall–Kier alpha value is -3.28. The Morgan fingerprint density at radius 1 is 1.07 bits per heavy atom. The maximum atomic E-state index is 13.2. The molecule has 4 rings (SSSR count). The molecule has 2 heterocycles. The quantitative estimate of drug-likeness (QED) is 0.519. The topological polar surface area (TPSA) is 75.0 Å². The normalized spacial score (nSPS) is 12.8. The van der Waals surface area contributed by atoms with Gasteiger partial charge in [-0.2, -0.15) is 0 Å². The van der Waals surface area contributed by atoms with Crippen LogP contribution in [0.2, 0.25) is 0 Å². The van der Waals surface area contributed by atoms with Crippen LogP contribution in [-0.2, 0) is 11.2 Å². The van der Waals surface area contributed by atoms with E-state index in [-0.39, 0.29) is 5.43 Å². The highest BCUT2D eigenvalue weighted by Crippen LogP contribution is 2.35. The SMILES string of the molecule is CCc1oc2cc(OC(C)=O)ccc2c(=O)c1-c1ccc2c(c1)OCCO2. The molecule has 0 radical (unpaired) electrons. The van der Waals surface area contributed by atoms with E-state index in [0.717, 1.165) is 5.56 Å². The smallest absolute Gasteiger partial charge is 0.308 e. The van der Waals surface area contributed by atoms with E-state index in [1.165, 1.54) is 6.92 Å². The highest BCUT2D eigenvalue weighted by Gasteiger charge is 2.19. The second-order valence-corrected chi connectivity index (χ2v) is 6.19. The average Bonchev–Trinajstić information content (AvgIpc) is 2.66. The molecular formula is C21H18O6. The minimum atomic E-state index is -0.430. The lowest BCUT2D eigenvalue weighted by Gasteiger charge is -2.19. The first-order chi connectivity index (χ1) is 13.1. The van der Waals surface area contributed by atoms with Crippen molar-refractivity contribution in [2.75, 3.05) is 13.2 Å². The average molecular weight is 366 g/mol. The van der Waals surface area contributed by atoms with Gasteiger partial charge in [-0.25, -0.2) is 0 Å². The molecule has 2 aromatic carbocycles. The van der Waals surface area contributed by atoms with Crippen molar-refractivity contribution >= 4 is 16.9 Å². The van der Waals surface area contributed by atoms with Gasteiger partial charge in [0.25, 0.3) is 0 Å². The van der Waals surface area contributed by atoms with Gasteiger partial charge in [0, 0.05) is 19.4 Å². The highest BCUT2D eigenvalue weighted by atomic mass is 16.6. The summed E-state index contributed by atoms with van der Waals surface area (Å²) < 4.78 is 22.2. The molecule has 0 aliphatic carbocycles. The van der Waals surface area contributed by atoms with E-state index >= 15 is 0 Å². The lowest BCUT2D eigenvalue weighted by atomic mass is 10.0. The summed E-state index contributed by atoms with van der Waals surface area (Å²) in [4.78, 5) is 24.3. The molecule has 3 aromatic rings. The number of hydrogen-bond donors (Lipinski definition) is 0. The molecule has 6 heteroatoms. The van der Waals surface area contributed by atoms with Crippen LogP contribution >= 0.6 is 0 Å². The number of carbonyl (C=O) groups excluding carboxylic acids is 1. The van der Waals surface area contributed by atoms with Crippen molar-refractivity contribution in [2.24, 2.45) is 0 Å². The number of rotatable bonds is 3. The van der Waals surface area contributed by atoms with Crippen LogP contribution in [0.15, 0.2) is 45.6 Å². The van der Waals surface area contributed by atoms with Crippen molar-refractivity contribution in [2.45, 2.75) is 20.3 Å². The summed E-state index contributed by atoms with van der Waals surface area (Å²) in [7, 11) is 0. The Morgan fingerprint density at radius 2 is 1.85 bits per heavy atom. The standard InChI is InChI=1S/C21H18O6/c1-3-16-20(13-4-7-17-19(10-13)25-9-8-24-17)21(23)15-6-5-14(26-12(2)22)11-18(15)27-16/h4-7,10-11H,3,8-9H2,1-2H3. The van der Waals surface area contributed by atoms with Gasteiger partial charge in [0.05, 0.1) is 10.9 Å². The Bertz CT molecular complexity index is 1100. The van der Waals surface area contributed by atoms with Crippen molar-refractivity contribution in [3.8, 4) is 28.4 Å². The maximum absolute atomic E-state index is 13.2. The number of benzene rings is 2. The molecule has 0 spiro atoms. The Kier molecular flexibility index (Phi) is 4.32. The Morgan fingerprint density at radius 3 is 2.59 bits per heavy atom. The van der Waals surface area contributed by atoms with Gasteiger partial charge in [-0.3, -0.25) is 9.59 Å². The van der Waals surface area contributed by atoms with Gasteiger partial charge in [0.2, 0.25) is 5.43 Å². The summed E-state index contributed by atoms with van der Waals surface area (Å²) in [5.41, 5.74) is 1.47. The molecule has 0 N–H and O–H groups in total. The van der Waals surface area contributed by atoms with E-state index in [0.29, 0.717) is 59.2 Å². The van der Waals surface area contributed by atoms with Crippen molar-refractivity contribution in [3.63, 3.8) is 0 Å². The molecule has 0 saturated carbocycles. The number of fused-ring (bicyclic) bond motifs is 2. The minimum absolute atomic E-state index is 0.140. The first-order valence-corrected chi connectivity index (χ1v) is 8.75. The van der Waals surface area contributed by atoms with Crippen molar-refractivity contribution in [1.82, 2.24) is 0 Å². The summed E-state index contributed by atoms with van der Waals surface area (Å²) in [6, 6.07) is 10.2. The molecule has 1 aliphatic rings. The molecule has 0 unspecified atom stereocenters. The van der Waals surface area contributed by atoms with Crippen LogP contribution in [0.1, 0.15) is 19.6 Å². The largest absolute Gasteiger partial charge is 0.486 e. The summed E-state index contributed by atoms with van der Waals surface area (Å²) in [6.45, 7) is 4.22. The van der Waals surface area contributed by atoms with E-state index in [2.05, 4.69) is 0 Å². The van der Waals surface area contributed by atoms with Crippen LogP contribution in [0.5, 0.6) is 17.2 Å². The first-order valence-electron chi connectivity index (χ1n) is 8.75. The predicted molar refractivity (Wildman–Crippen MR) is 99.6 cm³/mol. The number of esters is 1. The summed E-state index contributed by atoms with van der Waals surface area (Å²) in [5.74, 6) is 1.75. The molecule has 1 aliphatic heterocycles.